The number of ether oxygens (including phenoxy) is 1. The summed E-state index contributed by atoms with van der Waals surface area (Å²) in [5.41, 5.74) is 3.75. The molecule has 9 nitrogen and oxygen atoms in total. The molecule has 0 unspecified atom stereocenters. The van der Waals surface area contributed by atoms with Crippen LogP contribution in [0.1, 0.15) is 20.7 Å². The van der Waals surface area contributed by atoms with Crippen LogP contribution in [0.5, 0.6) is 11.8 Å². The van der Waals surface area contributed by atoms with Gasteiger partial charge in [-0.15, -0.1) is 4.73 Å². The first-order chi connectivity index (χ1) is 18.0. The molecule has 0 saturated carbocycles. The van der Waals surface area contributed by atoms with Crippen LogP contribution in [0.3, 0.4) is 0 Å². The van der Waals surface area contributed by atoms with Gasteiger partial charge in [0.2, 0.25) is 11.8 Å². The molecule has 0 aliphatic heterocycles. The van der Waals surface area contributed by atoms with Crippen LogP contribution < -0.4 is 4.84 Å². The minimum Gasteiger partial charge on any atom is -0.492 e. The first-order valence-corrected chi connectivity index (χ1v) is 11.3. The van der Waals surface area contributed by atoms with E-state index in [4.69, 9.17) is 14.7 Å². The Morgan fingerprint density at radius 3 is 2.14 bits per heavy atom. The fourth-order valence-electron chi connectivity index (χ4n) is 3.83. The van der Waals surface area contributed by atoms with Crippen LogP contribution in [0.25, 0.3) is 27.8 Å². The lowest BCUT2D eigenvalue weighted by Gasteiger charge is -2.08. The van der Waals surface area contributed by atoms with Crippen molar-refractivity contribution >= 4 is 22.8 Å². The molecule has 5 rings (SSSR count). The number of fused-ring (bicyclic) bond motifs is 1. The van der Waals surface area contributed by atoms with E-state index in [1.54, 1.807) is 41.1 Å². The van der Waals surface area contributed by atoms with Crippen molar-refractivity contribution in [2.45, 2.75) is 0 Å². The zero-order valence-corrected chi connectivity index (χ0v) is 19.4. The van der Waals surface area contributed by atoms with Crippen molar-refractivity contribution in [3.05, 3.63) is 109 Å². The third-order valence-corrected chi connectivity index (χ3v) is 5.63. The molecule has 2 aromatic heterocycles. The van der Waals surface area contributed by atoms with Crippen molar-refractivity contribution in [1.29, 1.82) is 0 Å². The molecule has 5 aromatic rings. The Hall–Kier alpha value is -5.31. The summed E-state index contributed by atoms with van der Waals surface area (Å²) in [5, 5.41) is 25.1. The van der Waals surface area contributed by atoms with Gasteiger partial charge < -0.3 is 19.8 Å². The van der Waals surface area contributed by atoms with E-state index in [9.17, 15) is 19.8 Å². The van der Waals surface area contributed by atoms with Gasteiger partial charge in [-0.3, -0.25) is 0 Å². The largest absolute Gasteiger partial charge is 0.492 e. The average molecular weight is 495 g/mol. The fraction of sp³-hybridized carbons (Fsp3) is 0.0357. The van der Waals surface area contributed by atoms with Crippen LogP contribution in [0.2, 0.25) is 0 Å². The van der Waals surface area contributed by atoms with Gasteiger partial charge in [0.25, 0.3) is 0 Å². The Bertz CT molecular complexity index is 1600. The van der Waals surface area contributed by atoms with E-state index in [-0.39, 0.29) is 12.2 Å². The van der Waals surface area contributed by atoms with Crippen LogP contribution >= 0.6 is 0 Å². The molecule has 0 fully saturated rings. The minimum atomic E-state index is -0.758. The van der Waals surface area contributed by atoms with Gasteiger partial charge in [0.1, 0.15) is 12.3 Å². The third-order valence-electron chi connectivity index (χ3n) is 5.63. The number of carbonyl (C=O) groups is 2. The molecule has 0 spiro atoms. The number of hydrogen-bond donors (Lipinski definition) is 2. The lowest BCUT2D eigenvalue weighted by molar-refractivity contribution is 0.0381. The SMILES string of the molecule is C=CCOC(=O)c1ccc(-c2nn(-c3ccc(C(=O)On4c(O)ccc4O)cc3)c3ccccc23)cc1. The van der Waals surface area contributed by atoms with Crippen LogP contribution in [0, 0.1) is 0 Å². The predicted octanol–water partition coefficient (Wildman–Crippen LogP) is 4.52. The summed E-state index contributed by atoms with van der Waals surface area (Å²) >= 11 is 0. The first-order valence-electron chi connectivity index (χ1n) is 11.3. The van der Waals surface area contributed by atoms with E-state index in [1.807, 2.05) is 36.4 Å². The van der Waals surface area contributed by atoms with Crippen molar-refractivity contribution < 1.29 is 29.4 Å². The number of aromatic nitrogens is 3. The molecule has 0 amide bonds. The molecule has 2 heterocycles. The Labute approximate surface area is 211 Å². The van der Waals surface area contributed by atoms with Crippen LogP contribution in [0.15, 0.2) is 97.6 Å². The summed E-state index contributed by atoms with van der Waals surface area (Å²) in [7, 11) is 0. The van der Waals surface area contributed by atoms with E-state index in [0.29, 0.717) is 16.0 Å². The number of carbonyl (C=O) groups excluding carboxylic acids is 2. The normalized spacial score (nSPS) is 10.8. The number of nitrogens with zero attached hydrogens (tertiary/aromatic N) is 3. The van der Waals surface area contributed by atoms with Gasteiger partial charge in [-0.2, -0.15) is 5.10 Å². The van der Waals surface area contributed by atoms with E-state index < -0.39 is 23.7 Å². The van der Waals surface area contributed by atoms with Crippen molar-refractivity contribution in [3.63, 3.8) is 0 Å². The standard InChI is InChI=1S/C28H21N3O6/c1-2-17-36-27(34)19-9-7-18(8-10-19)26-22-5-3-4-6-23(22)30(29-26)21-13-11-20(12-14-21)28(35)37-31-24(32)15-16-25(31)33/h2-16,32-33H,1,17H2. The second kappa shape index (κ2) is 9.74. The summed E-state index contributed by atoms with van der Waals surface area (Å²) in [4.78, 5) is 29.6. The Balaban J connectivity index is 1.44. The Morgan fingerprint density at radius 1 is 0.838 bits per heavy atom. The van der Waals surface area contributed by atoms with Crippen LogP contribution in [0.4, 0.5) is 0 Å². The minimum absolute atomic E-state index is 0.142. The molecule has 3 aromatic carbocycles. The number of esters is 1. The fourth-order valence-corrected chi connectivity index (χ4v) is 3.83. The summed E-state index contributed by atoms with van der Waals surface area (Å²) in [6.07, 6.45) is 1.51. The smallest absolute Gasteiger partial charge is 0.363 e. The number of aromatic hydroxyl groups is 2. The van der Waals surface area contributed by atoms with Crippen molar-refractivity contribution in [2.24, 2.45) is 0 Å². The van der Waals surface area contributed by atoms with Gasteiger partial charge in [0.15, 0.2) is 0 Å². The highest BCUT2D eigenvalue weighted by molar-refractivity contribution is 5.96. The van der Waals surface area contributed by atoms with Crippen LogP contribution in [-0.4, -0.2) is 43.3 Å². The average Bonchev–Trinajstić information content (AvgIpc) is 3.47. The second-order valence-electron chi connectivity index (χ2n) is 8.01. The quantitative estimate of drug-likeness (QED) is 0.252. The molecule has 0 saturated heterocycles. The zero-order chi connectivity index (χ0) is 25.9. The monoisotopic (exact) mass is 495 g/mol. The summed E-state index contributed by atoms with van der Waals surface area (Å²) in [5.74, 6) is -1.99. The highest BCUT2D eigenvalue weighted by Crippen LogP contribution is 2.30. The maximum atomic E-state index is 12.5. The van der Waals surface area contributed by atoms with E-state index in [1.165, 1.54) is 18.2 Å². The lowest BCUT2D eigenvalue weighted by atomic mass is 10.1. The van der Waals surface area contributed by atoms with E-state index in [0.717, 1.165) is 22.2 Å². The van der Waals surface area contributed by atoms with Crippen molar-refractivity contribution in [1.82, 2.24) is 14.5 Å². The molecule has 0 radical (unpaired) electrons. The highest BCUT2D eigenvalue weighted by atomic mass is 16.7. The summed E-state index contributed by atoms with van der Waals surface area (Å²) in [6.45, 7) is 3.68. The maximum Gasteiger partial charge on any atom is 0.363 e. The Kier molecular flexibility index (Phi) is 6.17. The zero-order valence-electron chi connectivity index (χ0n) is 19.4. The van der Waals surface area contributed by atoms with Crippen molar-refractivity contribution in [2.75, 3.05) is 6.61 Å². The van der Waals surface area contributed by atoms with Crippen LogP contribution in [-0.2, 0) is 4.74 Å². The molecule has 0 bridgehead atoms. The second-order valence-corrected chi connectivity index (χ2v) is 8.01. The van der Waals surface area contributed by atoms with Gasteiger partial charge >= 0.3 is 11.9 Å². The number of rotatable bonds is 7. The molecule has 0 atom stereocenters. The number of hydrogen-bond acceptors (Lipinski definition) is 7. The molecule has 9 heteroatoms. The highest BCUT2D eigenvalue weighted by Gasteiger charge is 2.17. The predicted molar refractivity (Wildman–Crippen MR) is 136 cm³/mol. The van der Waals surface area contributed by atoms with Gasteiger partial charge in [0, 0.05) is 23.1 Å². The lowest BCUT2D eigenvalue weighted by Crippen LogP contribution is -2.19. The molecular weight excluding hydrogens is 474 g/mol. The van der Waals surface area contributed by atoms with Gasteiger partial charge in [-0.25, -0.2) is 14.3 Å². The molecule has 37 heavy (non-hydrogen) atoms. The molecular formula is C28H21N3O6. The molecule has 184 valence electrons. The first kappa shape index (κ1) is 23.4. The Morgan fingerprint density at radius 2 is 1.46 bits per heavy atom. The number of benzene rings is 3. The van der Waals surface area contributed by atoms with E-state index in [2.05, 4.69) is 6.58 Å². The number of para-hydroxylation sites is 1. The topological polar surface area (TPSA) is 116 Å². The van der Waals surface area contributed by atoms with Gasteiger partial charge in [0.05, 0.1) is 22.3 Å². The maximum absolute atomic E-state index is 12.5. The molecule has 0 aliphatic rings. The molecule has 2 N–H and O–H groups in total. The summed E-state index contributed by atoms with van der Waals surface area (Å²) < 4.78 is 7.48. The van der Waals surface area contributed by atoms with Gasteiger partial charge in [-0.1, -0.05) is 43.0 Å². The van der Waals surface area contributed by atoms with Gasteiger partial charge in [-0.05, 0) is 42.5 Å². The third kappa shape index (κ3) is 4.53. The molecule has 0 aliphatic carbocycles. The summed E-state index contributed by atoms with van der Waals surface area (Å²) in [6, 6.07) is 23.7. The van der Waals surface area contributed by atoms with Crippen molar-refractivity contribution in [3.8, 4) is 28.7 Å². The van der Waals surface area contributed by atoms with E-state index >= 15 is 0 Å².